The molecule has 172 valence electrons. The number of thiophene rings is 1. The minimum absolute atomic E-state index is 0.0995. The van der Waals surface area contributed by atoms with Gasteiger partial charge >= 0.3 is 0 Å². The molecule has 0 saturated carbocycles. The lowest BCUT2D eigenvalue weighted by molar-refractivity contribution is 0.415. The number of thioether (sulfide) groups is 1. The summed E-state index contributed by atoms with van der Waals surface area (Å²) < 4.78 is 12.9. The molecule has 0 spiro atoms. The van der Waals surface area contributed by atoms with E-state index in [1.54, 1.807) is 18.4 Å². The summed E-state index contributed by atoms with van der Waals surface area (Å²) in [6, 6.07) is 7.50. The monoisotopic (exact) mass is 482 g/mol. The van der Waals surface area contributed by atoms with E-state index >= 15 is 0 Å². The van der Waals surface area contributed by atoms with Gasteiger partial charge in [0, 0.05) is 17.0 Å². The van der Waals surface area contributed by atoms with E-state index in [2.05, 4.69) is 17.1 Å². The molecule has 0 aliphatic heterocycles. The number of hydrogen-bond donors (Lipinski definition) is 0. The lowest BCUT2D eigenvalue weighted by Crippen LogP contribution is -2.23. The van der Waals surface area contributed by atoms with Crippen LogP contribution in [-0.2, 0) is 25.1 Å². The van der Waals surface area contributed by atoms with E-state index in [-0.39, 0.29) is 5.56 Å². The van der Waals surface area contributed by atoms with E-state index in [0.717, 1.165) is 65.2 Å². The van der Waals surface area contributed by atoms with Crippen LogP contribution in [0.5, 0.6) is 5.75 Å². The first-order valence-electron chi connectivity index (χ1n) is 11.3. The highest BCUT2D eigenvalue weighted by Gasteiger charge is 2.23. The van der Waals surface area contributed by atoms with Crippen molar-refractivity contribution in [1.29, 1.82) is 0 Å². The van der Waals surface area contributed by atoms with E-state index in [4.69, 9.17) is 14.1 Å². The van der Waals surface area contributed by atoms with Gasteiger partial charge in [-0.2, -0.15) is 0 Å². The largest absolute Gasteiger partial charge is 0.497 e. The number of ether oxygens (including phenoxy) is 1. The molecule has 4 aromatic rings. The Morgan fingerprint density at radius 1 is 1.18 bits per heavy atom. The minimum atomic E-state index is 0.0995. The molecule has 5 rings (SSSR count). The third kappa shape index (κ3) is 4.44. The van der Waals surface area contributed by atoms with Crippen LogP contribution in [-0.4, -0.2) is 26.9 Å². The molecule has 1 aliphatic carbocycles. The maximum absolute atomic E-state index is 13.5. The van der Waals surface area contributed by atoms with Crippen molar-refractivity contribution in [1.82, 2.24) is 19.7 Å². The Labute approximate surface area is 200 Å². The van der Waals surface area contributed by atoms with Crippen LogP contribution in [0.25, 0.3) is 21.7 Å². The minimum Gasteiger partial charge on any atom is -0.497 e. The van der Waals surface area contributed by atoms with Crippen molar-refractivity contribution in [3.05, 3.63) is 51.0 Å². The van der Waals surface area contributed by atoms with Crippen molar-refractivity contribution >= 4 is 33.3 Å². The van der Waals surface area contributed by atoms with Gasteiger partial charge in [0.25, 0.3) is 5.56 Å². The first kappa shape index (κ1) is 22.2. The number of hydrogen-bond acceptors (Lipinski definition) is 8. The van der Waals surface area contributed by atoms with Crippen molar-refractivity contribution in [3.8, 4) is 17.2 Å². The summed E-state index contributed by atoms with van der Waals surface area (Å²) in [5.41, 5.74) is 2.17. The number of unbranched alkanes of at least 4 members (excludes halogenated alkanes) is 2. The maximum Gasteiger partial charge on any atom is 0.263 e. The molecular weight excluding hydrogens is 456 g/mol. The molecule has 33 heavy (non-hydrogen) atoms. The van der Waals surface area contributed by atoms with E-state index in [1.807, 2.05) is 28.8 Å². The van der Waals surface area contributed by atoms with Gasteiger partial charge in [-0.1, -0.05) is 31.5 Å². The Bertz CT molecular complexity index is 1320. The normalized spacial score (nSPS) is 13.0. The van der Waals surface area contributed by atoms with Crippen molar-refractivity contribution in [2.45, 2.75) is 62.9 Å². The first-order chi connectivity index (χ1) is 16.2. The van der Waals surface area contributed by atoms with Gasteiger partial charge < -0.3 is 9.15 Å². The van der Waals surface area contributed by atoms with E-state index in [0.29, 0.717) is 24.1 Å². The van der Waals surface area contributed by atoms with Crippen molar-refractivity contribution in [3.63, 3.8) is 0 Å². The van der Waals surface area contributed by atoms with Gasteiger partial charge in [0.2, 0.25) is 11.8 Å². The second-order valence-electron chi connectivity index (χ2n) is 8.11. The maximum atomic E-state index is 13.5. The Morgan fingerprint density at radius 2 is 2.03 bits per heavy atom. The molecule has 0 saturated heterocycles. The lowest BCUT2D eigenvalue weighted by Gasteiger charge is -2.11. The van der Waals surface area contributed by atoms with Crippen molar-refractivity contribution in [2.24, 2.45) is 0 Å². The second kappa shape index (κ2) is 9.69. The number of fused-ring (bicyclic) bond motifs is 3. The zero-order chi connectivity index (χ0) is 22.8. The highest BCUT2D eigenvalue weighted by molar-refractivity contribution is 7.98. The standard InChI is InChI=1S/C24H26N4O3S2/c1-3-4-5-13-28-23(29)20-17-7-6-8-18(17)33-22(20)25-24(28)32-14-19-26-27-21(31-19)15-9-11-16(30-2)12-10-15/h9-12H,3-8,13-14H2,1-2H3. The number of methoxy groups -OCH3 is 1. The summed E-state index contributed by atoms with van der Waals surface area (Å²) in [5.74, 6) is 2.21. The Hall–Kier alpha value is -2.65. The van der Waals surface area contributed by atoms with Crippen molar-refractivity contribution in [2.75, 3.05) is 7.11 Å². The highest BCUT2D eigenvalue weighted by atomic mass is 32.2. The molecule has 0 radical (unpaired) electrons. The van der Waals surface area contributed by atoms with Gasteiger partial charge in [-0.25, -0.2) is 4.98 Å². The molecule has 7 nitrogen and oxygen atoms in total. The fourth-order valence-electron chi connectivity index (χ4n) is 4.17. The predicted octanol–water partition coefficient (Wildman–Crippen LogP) is 5.49. The Balaban J connectivity index is 1.40. The van der Waals surface area contributed by atoms with Gasteiger partial charge in [-0.05, 0) is 55.5 Å². The van der Waals surface area contributed by atoms with Crippen LogP contribution in [0.1, 0.15) is 48.9 Å². The molecule has 0 unspecified atom stereocenters. The summed E-state index contributed by atoms with van der Waals surface area (Å²) in [5, 5.41) is 9.95. The first-order valence-corrected chi connectivity index (χ1v) is 13.1. The summed E-state index contributed by atoms with van der Waals surface area (Å²) >= 11 is 3.16. The average molecular weight is 483 g/mol. The second-order valence-corrected chi connectivity index (χ2v) is 10.1. The van der Waals surface area contributed by atoms with Crippen LogP contribution in [0.3, 0.4) is 0 Å². The van der Waals surface area contributed by atoms with Crippen LogP contribution in [0, 0.1) is 0 Å². The number of nitrogens with zero attached hydrogens (tertiary/aromatic N) is 4. The van der Waals surface area contributed by atoms with E-state index in [1.165, 1.54) is 22.2 Å². The van der Waals surface area contributed by atoms with Gasteiger partial charge in [0.05, 0.1) is 18.2 Å². The highest BCUT2D eigenvalue weighted by Crippen LogP contribution is 2.36. The topological polar surface area (TPSA) is 83.0 Å². The molecule has 3 aromatic heterocycles. The summed E-state index contributed by atoms with van der Waals surface area (Å²) in [6.45, 7) is 2.85. The number of aromatic nitrogens is 4. The van der Waals surface area contributed by atoms with Gasteiger partial charge in [0.15, 0.2) is 5.16 Å². The molecule has 3 heterocycles. The molecule has 1 aliphatic rings. The fourth-order valence-corrected chi connectivity index (χ4v) is 6.34. The van der Waals surface area contributed by atoms with Gasteiger partial charge in [0.1, 0.15) is 10.6 Å². The van der Waals surface area contributed by atoms with Crippen LogP contribution in [0.2, 0.25) is 0 Å². The van der Waals surface area contributed by atoms with Crippen LogP contribution < -0.4 is 10.3 Å². The number of rotatable bonds is 9. The quantitative estimate of drug-likeness (QED) is 0.177. The van der Waals surface area contributed by atoms with Crippen LogP contribution in [0.4, 0.5) is 0 Å². The molecule has 0 fully saturated rings. The Morgan fingerprint density at radius 3 is 2.82 bits per heavy atom. The predicted molar refractivity (Wildman–Crippen MR) is 131 cm³/mol. The summed E-state index contributed by atoms with van der Waals surface area (Å²) in [4.78, 5) is 20.6. The van der Waals surface area contributed by atoms with E-state index in [9.17, 15) is 4.79 Å². The van der Waals surface area contributed by atoms with Crippen LogP contribution in [0.15, 0.2) is 38.6 Å². The average Bonchev–Trinajstić information content (AvgIpc) is 3.55. The molecular formula is C24H26N4O3S2. The molecule has 0 bridgehead atoms. The molecule has 9 heteroatoms. The number of benzene rings is 1. The summed E-state index contributed by atoms with van der Waals surface area (Å²) in [6.07, 6.45) is 6.35. The zero-order valence-electron chi connectivity index (χ0n) is 18.8. The third-order valence-electron chi connectivity index (χ3n) is 5.90. The molecule has 0 N–H and O–H groups in total. The third-order valence-corrected chi connectivity index (χ3v) is 8.05. The van der Waals surface area contributed by atoms with Gasteiger partial charge in [-0.15, -0.1) is 21.5 Å². The molecule has 1 aromatic carbocycles. The fraction of sp³-hybridized carbons (Fsp3) is 0.417. The summed E-state index contributed by atoms with van der Waals surface area (Å²) in [7, 11) is 1.63. The molecule has 0 amide bonds. The van der Waals surface area contributed by atoms with Gasteiger partial charge in [-0.3, -0.25) is 9.36 Å². The smallest absolute Gasteiger partial charge is 0.263 e. The van der Waals surface area contributed by atoms with Crippen LogP contribution >= 0.6 is 23.1 Å². The molecule has 0 atom stereocenters. The SMILES string of the molecule is CCCCCn1c(SCc2nnc(-c3ccc(OC)cc3)o2)nc2sc3c(c2c1=O)CCC3. The zero-order valence-corrected chi connectivity index (χ0v) is 20.4. The Kier molecular flexibility index (Phi) is 6.50. The van der Waals surface area contributed by atoms with Crippen molar-refractivity contribution < 1.29 is 9.15 Å². The lowest BCUT2D eigenvalue weighted by atomic mass is 10.2. The van der Waals surface area contributed by atoms with E-state index < -0.39 is 0 Å². The number of aryl methyl sites for hydroxylation is 2.